The second-order valence-electron chi connectivity index (χ2n) is 9.24. The number of amides is 1. The molecule has 0 aliphatic carbocycles. The maximum absolute atomic E-state index is 13.4. The van der Waals surface area contributed by atoms with E-state index in [0.29, 0.717) is 12.1 Å². The van der Waals surface area contributed by atoms with Crippen LogP contribution in [0.15, 0.2) is 133 Å². The van der Waals surface area contributed by atoms with E-state index >= 15 is 0 Å². The number of nitrogens with zero attached hydrogens (tertiary/aromatic N) is 1. The summed E-state index contributed by atoms with van der Waals surface area (Å²) in [7, 11) is 0. The summed E-state index contributed by atoms with van der Waals surface area (Å²) >= 11 is 0. The van der Waals surface area contributed by atoms with E-state index in [1.165, 1.54) is 0 Å². The summed E-state index contributed by atoms with van der Waals surface area (Å²) in [5.74, 6) is -0.522. The molecular weight excluding hydrogens is 472 g/mol. The molecular formula is C33H30N2O3. The zero-order valence-corrected chi connectivity index (χ0v) is 21.0. The predicted octanol–water partition coefficient (Wildman–Crippen LogP) is 5.88. The first-order valence-electron chi connectivity index (χ1n) is 12.8. The van der Waals surface area contributed by atoms with Crippen molar-refractivity contribution in [3.63, 3.8) is 0 Å². The monoisotopic (exact) mass is 502 g/mol. The molecule has 0 saturated carbocycles. The van der Waals surface area contributed by atoms with Gasteiger partial charge in [0.2, 0.25) is 5.91 Å². The Hall–Kier alpha value is -4.48. The van der Waals surface area contributed by atoms with E-state index in [4.69, 9.17) is 4.74 Å². The van der Waals surface area contributed by atoms with Gasteiger partial charge in [-0.15, -0.1) is 0 Å². The van der Waals surface area contributed by atoms with Crippen LogP contribution in [0.2, 0.25) is 0 Å². The Morgan fingerprint density at radius 1 is 0.763 bits per heavy atom. The maximum atomic E-state index is 13.4. The molecule has 0 aromatic heterocycles. The van der Waals surface area contributed by atoms with Crippen molar-refractivity contribution in [1.82, 2.24) is 10.2 Å². The van der Waals surface area contributed by atoms with Crippen molar-refractivity contribution < 1.29 is 14.3 Å². The zero-order chi connectivity index (χ0) is 26.2. The molecule has 1 N–H and O–H groups in total. The average molecular weight is 503 g/mol. The van der Waals surface area contributed by atoms with Crippen molar-refractivity contribution in [3.8, 4) is 0 Å². The number of ether oxygens (including phenoxy) is 1. The minimum absolute atomic E-state index is 0.0435. The first-order valence-corrected chi connectivity index (χ1v) is 12.8. The first kappa shape index (κ1) is 25.2. The summed E-state index contributed by atoms with van der Waals surface area (Å²) in [6.45, 7) is 0.688. The Labute approximate surface area is 223 Å². The highest BCUT2D eigenvalue weighted by Gasteiger charge is 2.39. The zero-order valence-electron chi connectivity index (χ0n) is 21.0. The van der Waals surface area contributed by atoms with Gasteiger partial charge >= 0.3 is 5.97 Å². The number of esters is 1. The Morgan fingerprint density at radius 2 is 1.32 bits per heavy atom. The van der Waals surface area contributed by atoms with Gasteiger partial charge in [-0.25, -0.2) is 4.79 Å². The third-order valence-electron chi connectivity index (χ3n) is 6.78. The topological polar surface area (TPSA) is 58.6 Å². The van der Waals surface area contributed by atoms with Gasteiger partial charge in [0.1, 0.15) is 6.61 Å². The summed E-state index contributed by atoms with van der Waals surface area (Å²) in [5.41, 5.74) is 3.62. The SMILES string of the molecule is O=C(OC[C@@H](c1ccccc1)N1C(=O)C=C[C@@H]1[C@@H](NCc1ccccc1)c1ccccc1)c1ccccc1. The quantitative estimate of drug-likeness (QED) is 0.275. The van der Waals surface area contributed by atoms with Gasteiger partial charge in [0.25, 0.3) is 0 Å². The molecule has 4 aromatic carbocycles. The van der Waals surface area contributed by atoms with Gasteiger partial charge in [-0.3, -0.25) is 4.79 Å². The van der Waals surface area contributed by atoms with E-state index in [1.54, 1.807) is 30.3 Å². The van der Waals surface area contributed by atoms with E-state index in [0.717, 1.165) is 16.7 Å². The number of nitrogens with one attached hydrogen (secondary N) is 1. The molecule has 5 rings (SSSR count). The number of carbonyl (C=O) groups is 2. The molecule has 5 heteroatoms. The Balaban J connectivity index is 1.45. The lowest BCUT2D eigenvalue weighted by atomic mass is 9.96. The standard InChI is InChI=1S/C33H30N2O3/c36-31-22-21-29(32(27-17-9-3-10-18-27)34-23-25-13-5-1-6-14-25)35(31)30(26-15-7-2-8-16-26)24-38-33(37)28-19-11-4-12-20-28/h1-22,29-30,32,34H,23-24H2/t29-,30+,32+/m1/s1. The van der Waals surface area contributed by atoms with Crippen LogP contribution < -0.4 is 5.32 Å². The molecule has 1 heterocycles. The molecule has 3 atom stereocenters. The van der Waals surface area contributed by atoms with Gasteiger partial charge in [0.05, 0.1) is 23.7 Å². The molecule has 190 valence electrons. The molecule has 0 bridgehead atoms. The number of rotatable bonds is 10. The third kappa shape index (κ3) is 5.90. The summed E-state index contributed by atoms with van der Waals surface area (Å²) < 4.78 is 5.79. The van der Waals surface area contributed by atoms with Crippen molar-refractivity contribution in [2.24, 2.45) is 0 Å². The minimum atomic E-state index is -0.457. The lowest BCUT2D eigenvalue weighted by molar-refractivity contribution is -0.130. The third-order valence-corrected chi connectivity index (χ3v) is 6.78. The Bertz CT molecular complexity index is 1360. The molecule has 0 radical (unpaired) electrons. The number of hydrogen-bond acceptors (Lipinski definition) is 4. The van der Waals surface area contributed by atoms with Crippen LogP contribution in [0.5, 0.6) is 0 Å². The highest BCUT2D eigenvalue weighted by atomic mass is 16.5. The average Bonchev–Trinajstić information content (AvgIpc) is 3.36. The van der Waals surface area contributed by atoms with Crippen LogP contribution in [0.1, 0.15) is 39.1 Å². The molecule has 0 spiro atoms. The number of hydrogen-bond donors (Lipinski definition) is 1. The number of carbonyl (C=O) groups excluding carboxylic acids is 2. The van der Waals surface area contributed by atoms with E-state index < -0.39 is 12.0 Å². The fraction of sp³-hybridized carbons (Fsp3) is 0.152. The van der Waals surface area contributed by atoms with Crippen molar-refractivity contribution in [1.29, 1.82) is 0 Å². The minimum Gasteiger partial charge on any atom is -0.460 e. The summed E-state index contributed by atoms with van der Waals surface area (Å²) in [6.07, 6.45) is 3.58. The van der Waals surface area contributed by atoms with Gasteiger partial charge in [-0.1, -0.05) is 115 Å². The smallest absolute Gasteiger partial charge is 0.338 e. The second kappa shape index (κ2) is 12.2. The van der Waals surface area contributed by atoms with E-state index in [9.17, 15) is 9.59 Å². The predicted molar refractivity (Wildman–Crippen MR) is 148 cm³/mol. The largest absolute Gasteiger partial charge is 0.460 e. The molecule has 5 nitrogen and oxygen atoms in total. The summed E-state index contributed by atoms with van der Waals surface area (Å²) in [6, 6.07) is 38.1. The van der Waals surface area contributed by atoms with E-state index in [-0.39, 0.29) is 24.6 Å². The highest BCUT2D eigenvalue weighted by Crippen LogP contribution is 2.34. The van der Waals surface area contributed by atoms with Crippen molar-refractivity contribution in [2.75, 3.05) is 6.61 Å². The summed E-state index contributed by atoms with van der Waals surface area (Å²) in [5, 5.41) is 3.69. The maximum Gasteiger partial charge on any atom is 0.338 e. The Morgan fingerprint density at radius 3 is 1.95 bits per heavy atom. The lowest BCUT2D eigenvalue weighted by Crippen LogP contribution is -2.46. The molecule has 38 heavy (non-hydrogen) atoms. The van der Waals surface area contributed by atoms with E-state index in [2.05, 4.69) is 29.6 Å². The fourth-order valence-corrected chi connectivity index (χ4v) is 4.88. The summed E-state index contributed by atoms with van der Waals surface area (Å²) in [4.78, 5) is 28.1. The molecule has 0 unspecified atom stereocenters. The normalized spacial score (nSPS) is 16.3. The van der Waals surface area contributed by atoms with Crippen LogP contribution in [0, 0.1) is 0 Å². The fourth-order valence-electron chi connectivity index (χ4n) is 4.88. The van der Waals surface area contributed by atoms with Gasteiger partial charge in [-0.05, 0) is 28.8 Å². The van der Waals surface area contributed by atoms with Gasteiger partial charge in [0.15, 0.2) is 0 Å². The molecule has 0 fully saturated rings. The molecule has 4 aromatic rings. The van der Waals surface area contributed by atoms with E-state index in [1.807, 2.05) is 83.8 Å². The molecule has 1 amide bonds. The highest BCUT2D eigenvalue weighted by molar-refractivity contribution is 5.91. The van der Waals surface area contributed by atoms with Gasteiger partial charge in [-0.2, -0.15) is 0 Å². The van der Waals surface area contributed by atoms with Crippen LogP contribution in [0.25, 0.3) is 0 Å². The van der Waals surface area contributed by atoms with Crippen molar-refractivity contribution in [2.45, 2.75) is 24.7 Å². The Kier molecular flexibility index (Phi) is 8.07. The molecule has 1 aliphatic rings. The van der Waals surface area contributed by atoms with Crippen LogP contribution in [-0.2, 0) is 16.1 Å². The molecule has 1 aliphatic heterocycles. The van der Waals surface area contributed by atoms with Crippen molar-refractivity contribution in [3.05, 3.63) is 156 Å². The van der Waals surface area contributed by atoms with Crippen LogP contribution in [0.4, 0.5) is 0 Å². The van der Waals surface area contributed by atoms with Gasteiger partial charge in [0, 0.05) is 12.6 Å². The van der Waals surface area contributed by atoms with Gasteiger partial charge < -0.3 is 15.0 Å². The van der Waals surface area contributed by atoms with Crippen molar-refractivity contribution >= 4 is 11.9 Å². The molecule has 0 saturated heterocycles. The van der Waals surface area contributed by atoms with Crippen LogP contribution >= 0.6 is 0 Å². The number of benzene rings is 4. The van der Waals surface area contributed by atoms with Crippen LogP contribution in [-0.4, -0.2) is 29.4 Å². The second-order valence-corrected chi connectivity index (χ2v) is 9.24. The van der Waals surface area contributed by atoms with Crippen LogP contribution in [0.3, 0.4) is 0 Å². The lowest BCUT2D eigenvalue weighted by Gasteiger charge is -2.38. The first-order chi connectivity index (χ1) is 18.7.